The first kappa shape index (κ1) is 16.8. The average molecular weight is 426 g/mol. The van der Waals surface area contributed by atoms with E-state index in [0.29, 0.717) is 12.4 Å². The number of halogens is 2. The van der Waals surface area contributed by atoms with E-state index >= 15 is 0 Å². The summed E-state index contributed by atoms with van der Waals surface area (Å²) in [5.41, 5.74) is 3.06. The number of benzene rings is 2. The van der Waals surface area contributed by atoms with Gasteiger partial charge >= 0.3 is 5.97 Å². The molecule has 114 valence electrons. The van der Waals surface area contributed by atoms with Crippen molar-refractivity contribution in [2.24, 2.45) is 0 Å². The minimum atomic E-state index is -0.980. The number of aryl methyl sites for hydroxylation is 1. The van der Waals surface area contributed by atoms with Crippen LogP contribution in [0.25, 0.3) is 6.08 Å². The maximum Gasteiger partial charge on any atom is 0.328 e. The van der Waals surface area contributed by atoms with Gasteiger partial charge in [-0.15, -0.1) is 0 Å². The van der Waals surface area contributed by atoms with Crippen LogP contribution in [0.1, 0.15) is 16.7 Å². The van der Waals surface area contributed by atoms with Crippen molar-refractivity contribution in [1.29, 1.82) is 0 Å². The van der Waals surface area contributed by atoms with E-state index in [-0.39, 0.29) is 0 Å². The molecule has 1 N–H and O–H groups in total. The van der Waals surface area contributed by atoms with E-state index < -0.39 is 5.97 Å². The summed E-state index contributed by atoms with van der Waals surface area (Å²) < 4.78 is 7.37. The van der Waals surface area contributed by atoms with Crippen LogP contribution in [0.2, 0.25) is 0 Å². The number of carboxylic acid groups (broad SMARTS) is 1. The molecule has 0 aliphatic heterocycles. The van der Waals surface area contributed by atoms with Gasteiger partial charge in [-0.1, -0.05) is 29.8 Å². The van der Waals surface area contributed by atoms with Gasteiger partial charge in [0.15, 0.2) is 0 Å². The van der Waals surface area contributed by atoms with Gasteiger partial charge < -0.3 is 9.84 Å². The van der Waals surface area contributed by atoms with Gasteiger partial charge in [0.05, 0.1) is 8.95 Å². The van der Waals surface area contributed by atoms with Crippen molar-refractivity contribution in [3.63, 3.8) is 0 Å². The fourth-order valence-corrected chi connectivity index (χ4v) is 3.27. The van der Waals surface area contributed by atoms with Crippen LogP contribution in [-0.2, 0) is 11.4 Å². The largest absolute Gasteiger partial charge is 0.487 e. The average Bonchev–Trinajstić information content (AvgIpc) is 2.46. The molecule has 0 aliphatic rings. The molecule has 3 nitrogen and oxygen atoms in total. The summed E-state index contributed by atoms with van der Waals surface area (Å²) in [7, 11) is 0. The third-order valence-corrected chi connectivity index (χ3v) is 4.12. The third kappa shape index (κ3) is 4.71. The molecular formula is C17H14Br2O3. The molecule has 0 spiro atoms. The Kier molecular flexibility index (Phi) is 5.80. The van der Waals surface area contributed by atoms with Gasteiger partial charge in [-0.3, -0.25) is 0 Å². The Labute approximate surface area is 145 Å². The molecule has 0 saturated heterocycles. The normalized spacial score (nSPS) is 10.9. The van der Waals surface area contributed by atoms with Gasteiger partial charge in [-0.2, -0.15) is 0 Å². The maximum absolute atomic E-state index is 10.6. The predicted molar refractivity (Wildman–Crippen MR) is 94.0 cm³/mol. The van der Waals surface area contributed by atoms with Crippen molar-refractivity contribution in [2.75, 3.05) is 0 Å². The molecular weight excluding hydrogens is 412 g/mol. The minimum absolute atomic E-state index is 0.460. The molecule has 2 aromatic carbocycles. The Balaban J connectivity index is 2.14. The van der Waals surface area contributed by atoms with Gasteiger partial charge in [-0.25, -0.2) is 4.79 Å². The highest BCUT2D eigenvalue weighted by molar-refractivity contribution is 9.11. The highest BCUT2D eigenvalue weighted by Gasteiger charge is 2.08. The van der Waals surface area contributed by atoms with Gasteiger partial charge in [0, 0.05) is 6.08 Å². The molecule has 5 heteroatoms. The van der Waals surface area contributed by atoms with Crippen molar-refractivity contribution in [3.05, 3.63) is 68.1 Å². The SMILES string of the molecule is Cc1ccc(COc2c(Br)cc(/C=C/C(=O)O)cc2Br)cc1. The number of aliphatic carboxylic acids is 1. The molecule has 2 rings (SSSR count). The highest BCUT2D eigenvalue weighted by atomic mass is 79.9. The Bertz CT molecular complexity index is 683. The Morgan fingerprint density at radius 1 is 1.18 bits per heavy atom. The summed E-state index contributed by atoms with van der Waals surface area (Å²) in [5, 5.41) is 8.66. The van der Waals surface area contributed by atoms with E-state index in [1.165, 1.54) is 11.6 Å². The van der Waals surface area contributed by atoms with Gasteiger partial charge in [-0.05, 0) is 68.1 Å². The Morgan fingerprint density at radius 3 is 2.32 bits per heavy atom. The summed E-state index contributed by atoms with van der Waals surface area (Å²) in [6, 6.07) is 11.8. The zero-order valence-corrected chi connectivity index (χ0v) is 15.0. The van der Waals surface area contributed by atoms with Crippen molar-refractivity contribution in [1.82, 2.24) is 0 Å². The van der Waals surface area contributed by atoms with Gasteiger partial charge in [0.2, 0.25) is 0 Å². The summed E-state index contributed by atoms with van der Waals surface area (Å²) in [4.78, 5) is 10.6. The number of hydrogen-bond donors (Lipinski definition) is 1. The number of ether oxygens (including phenoxy) is 1. The lowest BCUT2D eigenvalue weighted by atomic mass is 10.1. The molecule has 0 heterocycles. The zero-order valence-electron chi connectivity index (χ0n) is 11.8. The zero-order chi connectivity index (χ0) is 16.1. The molecule has 0 radical (unpaired) electrons. The molecule has 0 bridgehead atoms. The van der Waals surface area contributed by atoms with Gasteiger partial charge in [0.1, 0.15) is 12.4 Å². The van der Waals surface area contributed by atoms with Crippen molar-refractivity contribution < 1.29 is 14.6 Å². The van der Waals surface area contributed by atoms with Crippen LogP contribution in [0.4, 0.5) is 0 Å². The summed E-state index contributed by atoms with van der Waals surface area (Å²) in [6.45, 7) is 2.50. The molecule has 0 fully saturated rings. The first-order chi connectivity index (χ1) is 10.5. The molecule has 0 aliphatic carbocycles. The van der Waals surface area contributed by atoms with Crippen LogP contribution in [0, 0.1) is 6.92 Å². The lowest BCUT2D eigenvalue weighted by Gasteiger charge is -2.11. The second-order valence-electron chi connectivity index (χ2n) is 4.76. The molecule has 0 amide bonds. The number of carboxylic acids is 1. The van der Waals surface area contributed by atoms with E-state index in [9.17, 15) is 4.79 Å². The van der Waals surface area contributed by atoms with Crippen LogP contribution >= 0.6 is 31.9 Å². The number of hydrogen-bond acceptors (Lipinski definition) is 2. The second kappa shape index (κ2) is 7.61. The Hall–Kier alpha value is -1.59. The second-order valence-corrected chi connectivity index (χ2v) is 6.47. The first-order valence-corrected chi connectivity index (χ1v) is 8.12. The molecule has 2 aromatic rings. The topological polar surface area (TPSA) is 46.5 Å². The van der Waals surface area contributed by atoms with E-state index in [1.54, 1.807) is 0 Å². The number of rotatable bonds is 5. The Morgan fingerprint density at radius 2 is 1.77 bits per heavy atom. The van der Waals surface area contributed by atoms with E-state index in [2.05, 4.69) is 31.9 Å². The van der Waals surface area contributed by atoms with Crippen LogP contribution < -0.4 is 4.74 Å². The molecule has 0 saturated carbocycles. The van der Waals surface area contributed by atoms with Crippen molar-refractivity contribution in [2.45, 2.75) is 13.5 Å². The van der Waals surface area contributed by atoms with Crippen LogP contribution in [0.15, 0.2) is 51.4 Å². The summed E-state index contributed by atoms with van der Waals surface area (Å²) in [6.07, 6.45) is 2.63. The molecule has 0 aromatic heterocycles. The molecule has 22 heavy (non-hydrogen) atoms. The molecule has 0 atom stereocenters. The quantitative estimate of drug-likeness (QED) is 0.670. The lowest BCUT2D eigenvalue weighted by molar-refractivity contribution is -0.131. The van der Waals surface area contributed by atoms with E-state index in [1.807, 2.05) is 43.3 Å². The van der Waals surface area contributed by atoms with Crippen LogP contribution in [0.3, 0.4) is 0 Å². The van der Waals surface area contributed by atoms with Crippen LogP contribution in [-0.4, -0.2) is 11.1 Å². The first-order valence-electron chi connectivity index (χ1n) is 6.54. The fourth-order valence-electron chi connectivity index (χ4n) is 1.82. The smallest absolute Gasteiger partial charge is 0.328 e. The minimum Gasteiger partial charge on any atom is -0.487 e. The highest BCUT2D eigenvalue weighted by Crippen LogP contribution is 2.35. The standard InChI is InChI=1S/C17H14Br2O3/c1-11-2-4-12(5-3-11)10-22-17-14(18)8-13(9-15(17)19)6-7-16(20)21/h2-9H,10H2,1H3,(H,20,21)/b7-6+. The number of carbonyl (C=O) groups is 1. The van der Waals surface area contributed by atoms with Crippen molar-refractivity contribution in [3.8, 4) is 5.75 Å². The fraction of sp³-hybridized carbons (Fsp3) is 0.118. The lowest BCUT2D eigenvalue weighted by Crippen LogP contribution is -1.97. The van der Waals surface area contributed by atoms with Crippen molar-refractivity contribution >= 4 is 43.9 Å². The van der Waals surface area contributed by atoms with E-state index in [0.717, 1.165) is 26.1 Å². The maximum atomic E-state index is 10.6. The van der Waals surface area contributed by atoms with Gasteiger partial charge in [0.25, 0.3) is 0 Å². The van der Waals surface area contributed by atoms with E-state index in [4.69, 9.17) is 9.84 Å². The summed E-state index contributed by atoms with van der Waals surface area (Å²) in [5.74, 6) is -0.292. The predicted octanol–water partition coefficient (Wildman–Crippen LogP) is 5.20. The molecule has 0 unspecified atom stereocenters. The summed E-state index contributed by atoms with van der Waals surface area (Å²) >= 11 is 6.91. The monoisotopic (exact) mass is 424 g/mol. The third-order valence-electron chi connectivity index (χ3n) is 2.94. The van der Waals surface area contributed by atoms with Crippen LogP contribution in [0.5, 0.6) is 5.75 Å².